The zero-order valence-corrected chi connectivity index (χ0v) is 11.6. The van der Waals surface area contributed by atoms with Gasteiger partial charge in [-0.15, -0.1) is 13.2 Å². The third kappa shape index (κ3) is 3.87. The van der Waals surface area contributed by atoms with Gasteiger partial charge in [0.15, 0.2) is 0 Å². The largest absolute Gasteiger partial charge is 0.573 e. The highest BCUT2D eigenvalue weighted by atomic mass is 19.4. The minimum atomic E-state index is -4.73. The average Bonchev–Trinajstić information content (AvgIpc) is 2.34. The van der Waals surface area contributed by atoms with Gasteiger partial charge in [0.25, 0.3) is 5.91 Å². The van der Waals surface area contributed by atoms with Gasteiger partial charge in [-0.2, -0.15) is 0 Å². The van der Waals surface area contributed by atoms with Gasteiger partial charge in [-0.1, -0.05) is 13.3 Å². The molecule has 21 heavy (non-hydrogen) atoms. The molecular formula is C14H17F3N2O2. The van der Waals surface area contributed by atoms with Crippen molar-refractivity contribution in [2.45, 2.75) is 31.7 Å². The minimum Gasteiger partial charge on any atom is -0.406 e. The van der Waals surface area contributed by atoms with Crippen LogP contribution in [0.1, 0.15) is 30.1 Å². The lowest BCUT2D eigenvalue weighted by Crippen LogP contribution is -2.68. The summed E-state index contributed by atoms with van der Waals surface area (Å²) in [4.78, 5) is 13.7. The van der Waals surface area contributed by atoms with Crippen molar-refractivity contribution in [2.75, 3.05) is 13.1 Å². The third-order valence-corrected chi connectivity index (χ3v) is 3.38. The molecule has 1 fully saturated rings. The number of hydrogen-bond acceptors (Lipinski definition) is 3. The third-order valence-electron chi connectivity index (χ3n) is 3.38. The fourth-order valence-corrected chi connectivity index (χ4v) is 2.50. The normalized spacial score (nSPS) is 17.3. The Morgan fingerprint density at radius 1 is 1.33 bits per heavy atom. The molecule has 1 aromatic carbocycles. The second-order valence-corrected chi connectivity index (χ2v) is 5.35. The smallest absolute Gasteiger partial charge is 0.406 e. The first-order valence-electron chi connectivity index (χ1n) is 6.66. The summed E-state index contributed by atoms with van der Waals surface area (Å²) in [7, 11) is 0. The molecule has 116 valence electrons. The van der Waals surface area contributed by atoms with Gasteiger partial charge in [-0.05, 0) is 30.7 Å². The summed E-state index contributed by atoms with van der Waals surface area (Å²) in [5, 5.41) is 0. The van der Waals surface area contributed by atoms with Gasteiger partial charge in [-0.3, -0.25) is 4.79 Å². The van der Waals surface area contributed by atoms with Crippen LogP contribution in [0.3, 0.4) is 0 Å². The number of likely N-dealkylation sites (tertiary alicyclic amines) is 1. The highest BCUT2D eigenvalue weighted by Gasteiger charge is 2.41. The number of carbonyl (C=O) groups is 1. The molecule has 0 aromatic heterocycles. The molecule has 0 atom stereocenters. The number of alkyl halides is 3. The van der Waals surface area contributed by atoms with Crippen LogP contribution in [-0.2, 0) is 0 Å². The molecule has 0 bridgehead atoms. The number of rotatable bonds is 4. The molecule has 1 saturated heterocycles. The number of halogens is 3. The van der Waals surface area contributed by atoms with Gasteiger partial charge in [0.2, 0.25) is 0 Å². The molecule has 1 aliphatic rings. The van der Waals surface area contributed by atoms with Crippen LogP contribution < -0.4 is 10.5 Å². The number of nitrogens with zero attached hydrogens (tertiary/aromatic N) is 1. The van der Waals surface area contributed by atoms with Crippen LogP contribution in [0.5, 0.6) is 5.75 Å². The van der Waals surface area contributed by atoms with Crippen molar-refractivity contribution >= 4 is 5.91 Å². The van der Waals surface area contributed by atoms with Crippen LogP contribution in [0.4, 0.5) is 13.2 Å². The Morgan fingerprint density at radius 3 is 2.38 bits per heavy atom. The number of hydrogen-bond donors (Lipinski definition) is 1. The number of nitrogens with two attached hydrogens (primary N) is 1. The maximum Gasteiger partial charge on any atom is 0.573 e. The lowest BCUT2D eigenvalue weighted by Gasteiger charge is -2.47. The summed E-state index contributed by atoms with van der Waals surface area (Å²) in [5.74, 6) is -0.576. The Balaban J connectivity index is 1.96. The van der Waals surface area contributed by atoms with E-state index in [2.05, 4.69) is 4.74 Å². The van der Waals surface area contributed by atoms with E-state index in [1.54, 1.807) is 4.90 Å². The van der Waals surface area contributed by atoms with Crippen molar-refractivity contribution in [3.05, 3.63) is 29.8 Å². The number of benzene rings is 1. The van der Waals surface area contributed by atoms with E-state index in [0.29, 0.717) is 18.7 Å². The monoisotopic (exact) mass is 302 g/mol. The topological polar surface area (TPSA) is 55.6 Å². The maximum atomic E-state index is 12.1. The summed E-state index contributed by atoms with van der Waals surface area (Å²) in [6, 6.07) is 4.89. The Labute approximate surface area is 120 Å². The molecule has 0 unspecified atom stereocenters. The van der Waals surface area contributed by atoms with Crippen LogP contribution in [-0.4, -0.2) is 35.8 Å². The fraction of sp³-hybridized carbons (Fsp3) is 0.500. The van der Waals surface area contributed by atoms with Crippen LogP contribution in [0.25, 0.3) is 0 Å². The van der Waals surface area contributed by atoms with Crippen molar-refractivity contribution in [2.24, 2.45) is 5.73 Å². The van der Waals surface area contributed by atoms with Crippen molar-refractivity contribution in [1.29, 1.82) is 0 Å². The summed E-state index contributed by atoms with van der Waals surface area (Å²) < 4.78 is 39.9. The van der Waals surface area contributed by atoms with Crippen LogP contribution >= 0.6 is 0 Å². The van der Waals surface area contributed by atoms with E-state index in [0.717, 1.165) is 25.0 Å². The molecular weight excluding hydrogens is 285 g/mol. The van der Waals surface area contributed by atoms with Gasteiger partial charge in [0.1, 0.15) is 5.75 Å². The highest BCUT2D eigenvalue weighted by Crippen LogP contribution is 2.26. The van der Waals surface area contributed by atoms with E-state index < -0.39 is 6.36 Å². The number of carbonyl (C=O) groups excluding carboxylic acids is 1. The first-order valence-corrected chi connectivity index (χ1v) is 6.66. The summed E-state index contributed by atoms with van der Waals surface area (Å²) in [6.07, 6.45) is -2.94. The number of ether oxygens (including phenoxy) is 1. The van der Waals surface area contributed by atoms with E-state index in [9.17, 15) is 18.0 Å². The molecule has 2 rings (SSSR count). The van der Waals surface area contributed by atoms with Gasteiger partial charge in [0.05, 0.1) is 5.54 Å². The average molecular weight is 302 g/mol. The van der Waals surface area contributed by atoms with Gasteiger partial charge < -0.3 is 15.4 Å². The van der Waals surface area contributed by atoms with Crippen molar-refractivity contribution in [1.82, 2.24) is 4.90 Å². The Bertz CT molecular complexity index is 508. The summed E-state index contributed by atoms with van der Waals surface area (Å²) >= 11 is 0. The summed E-state index contributed by atoms with van der Waals surface area (Å²) in [5.41, 5.74) is 6.07. The second kappa shape index (κ2) is 5.55. The Morgan fingerprint density at radius 2 is 1.90 bits per heavy atom. The van der Waals surface area contributed by atoms with Gasteiger partial charge in [0, 0.05) is 18.7 Å². The molecule has 1 amide bonds. The van der Waals surface area contributed by atoms with Crippen molar-refractivity contribution in [3.63, 3.8) is 0 Å². The quantitative estimate of drug-likeness (QED) is 0.930. The predicted octanol–water partition coefficient (Wildman–Crippen LogP) is 2.54. The van der Waals surface area contributed by atoms with Crippen molar-refractivity contribution < 1.29 is 22.7 Å². The predicted molar refractivity (Wildman–Crippen MR) is 70.9 cm³/mol. The second-order valence-electron chi connectivity index (χ2n) is 5.35. The fourth-order valence-electron chi connectivity index (χ4n) is 2.50. The first kappa shape index (κ1) is 15.6. The summed E-state index contributed by atoms with van der Waals surface area (Å²) in [6.45, 7) is 2.97. The number of amides is 1. The van der Waals surface area contributed by atoms with E-state index in [4.69, 9.17) is 5.73 Å². The molecule has 0 aliphatic carbocycles. The lowest BCUT2D eigenvalue weighted by atomic mass is 9.86. The van der Waals surface area contributed by atoms with Crippen LogP contribution in [0, 0.1) is 0 Å². The molecule has 0 radical (unpaired) electrons. The van der Waals surface area contributed by atoms with Crippen LogP contribution in [0.2, 0.25) is 0 Å². The highest BCUT2D eigenvalue weighted by molar-refractivity contribution is 5.95. The van der Waals surface area contributed by atoms with Crippen LogP contribution in [0.15, 0.2) is 24.3 Å². The van der Waals surface area contributed by atoms with Gasteiger partial charge in [-0.25, -0.2) is 0 Å². The van der Waals surface area contributed by atoms with E-state index in [-0.39, 0.29) is 17.2 Å². The van der Waals surface area contributed by atoms with E-state index in [1.807, 2.05) is 6.92 Å². The Kier molecular flexibility index (Phi) is 4.13. The molecule has 1 aliphatic heterocycles. The Hall–Kier alpha value is -1.76. The minimum absolute atomic E-state index is 0.231. The molecule has 0 saturated carbocycles. The molecule has 1 aromatic rings. The van der Waals surface area contributed by atoms with E-state index in [1.165, 1.54) is 12.1 Å². The SMILES string of the molecule is CCCC1(N)CN(C(=O)c2ccc(OC(F)(F)F)cc2)C1. The van der Waals surface area contributed by atoms with Crippen molar-refractivity contribution in [3.8, 4) is 5.75 Å². The molecule has 0 spiro atoms. The molecule has 2 N–H and O–H groups in total. The standard InChI is InChI=1S/C14H17F3N2O2/c1-2-7-13(18)8-19(9-13)12(20)10-3-5-11(6-4-10)21-14(15,16)17/h3-6H,2,7-9,18H2,1H3. The van der Waals surface area contributed by atoms with Gasteiger partial charge >= 0.3 is 6.36 Å². The first-order chi connectivity index (χ1) is 9.72. The zero-order valence-electron chi connectivity index (χ0n) is 11.6. The van der Waals surface area contributed by atoms with E-state index >= 15 is 0 Å². The molecule has 7 heteroatoms. The molecule has 1 heterocycles. The molecule has 4 nitrogen and oxygen atoms in total. The maximum absolute atomic E-state index is 12.1. The zero-order chi connectivity index (χ0) is 15.7. The lowest BCUT2D eigenvalue weighted by molar-refractivity contribution is -0.274.